The molecule has 3 rings (SSSR count). The molecule has 1 atom stereocenters. The number of hydrogen-bond donors (Lipinski definition) is 1. The van der Waals surface area contributed by atoms with Gasteiger partial charge in [0, 0.05) is 6.07 Å². The lowest BCUT2D eigenvalue weighted by molar-refractivity contribution is 0.0392. The summed E-state index contributed by atoms with van der Waals surface area (Å²) in [5.74, 6) is -1.19. The van der Waals surface area contributed by atoms with Crippen molar-refractivity contribution in [3.63, 3.8) is 0 Å². The summed E-state index contributed by atoms with van der Waals surface area (Å²) in [4.78, 5) is 20.6. The van der Waals surface area contributed by atoms with Crippen LogP contribution >= 0.6 is 15.9 Å². The Morgan fingerprint density at radius 2 is 1.79 bits per heavy atom. The van der Waals surface area contributed by atoms with Crippen LogP contribution in [0.3, 0.4) is 0 Å². The highest BCUT2D eigenvalue weighted by atomic mass is 79.9. The maximum absolute atomic E-state index is 14.3. The number of carbonyl (C=O) groups excluding carboxylic acids is 1. The lowest BCUT2D eigenvalue weighted by Gasteiger charge is -2.29. The Morgan fingerprint density at radius 1 is 1.15 bits per heavy atom. The Hall–Kier alpha value is -3.28. The van der Waals surface area contributed by atoms with Gasteiger partial charge in [-0.3, -0.25) is 0 Å². The zero-order valence-electron chi connectivity index (χ0n) is 19.1. The second-order valence-electron chi connectivity index (χ2n) is 8.42. The Balaban J connectivity index is 1.95. The van der Waals surface area contributed by atoms with E-state index in [0.29, 0.717) is 4.47 Å². The fourth-order valence-corrected chi connectivity index (χ4v) is 3.37. The Bertz CT molecular complexity index is 1160. The number of hydrogen-bond acceptors (Lipinski definition) is 8. The van der Waals surface area contributed by atoms with E-state index < -0.39 is 28.9 Å². The summed E-state index contributed by atoms with van der Waals surface area (Å²) in [6.45, 7) is 6.47. The quantitative estimate of drug-likeness (QED) is 0.445. The minimum atomic E-state index is -1.38. The van der Waals surface area contributed by atoms with Crippen molar-refractivity contribution in [1.82, 2.24) is 20.4 Å². The first-order valence-corrected chi connectivity index (χ1v) is 10.8. The Kier molecular flexibility index (Phi) is 7.39. The van der Waals surface area contributed by atoms with E-state index in [1.807, 2.05) is 0 Å². The molecule has 0 aliphatic rings. The number of ether oxygens (including phenoxy) is 3. The molecule has 0 aliphatic heterocycles. The number of rotatable bonds is 7. The molecule has 0 radical (unpaired) electrons. The molecule has 3 aromatic rings. The van der Waals surface area contributed by atoms with E-state index >= 15 is 0 Å². The number of halogens is 3. The summed E-state index contributed by atoms with van der Waals surface area (Å²) in [7, 11) is 1.43. The second kappa shape index (κ2) is 9.92. The Labute approximate surface area is 202 Å². The molecule has 1 aromatic carbocycles. The number of benzene rings is 1. The van der Waals surface area contributed by atoms with Crippen LogP contribution in [0.4, 0.5) is 13.6 Å². The van der Waals surface area contributed by atoms with E-state index in [1.54, 1.807) is 27.7 Å². The number of nitrogens with one attached hydrogen (secondary N) is 1. The monoisotopic (exact) mass is 540 g/mol. The van der Waals surface area contributed by atoms with Crippen molar-refractivity contribution in [1.29, 1.82) is 0 Å². The first-order chi connectivity index (χ1) is 15.9. The van der Waals surface area contributed by atoms with Gasteiger partial charge in [-0.2, -0.15) is 0 Å². The smallest absolute Gasteiger partial charge is 0.408 e. The summed E-state index contributed by atoms with van der Waals surface area (Å²) in [5, 5.41) is 6.48. The van der Waals surface area contributed by atoms with Crippen LogP contribution in [-0.4, -0.2) is 40.5 Å². The highest BCUT2D eigenvalue weighted by molar-refractivity contribution is 9.10. The second-order valence-corrected chi connectivity index (χ2v) is 9.22. The van der Waals surface area contributed by atoms with Crippen LogP contribution in [0, 0.1) is 11.6 Å². The third-order valence-corrected chi connectivity index (χ3v) is 5.14. The van der Waals surface area contributed by atoms with Crippen molar-refractivity contribution in [3.05, 3.63) is 52.5 Å². The zero-order valence-corrected chi connectivity index (χ0v) is 20.7. The van der Waals surface area contributed by atoms with Crippen molar-refractivity contribution in [2.24, 2.45) is 0 Å². The molecule has 1 amide bonds. The third kappa shape index (κ3) is 5.79. The van der Waals surface area contributed by atoms with Crippen LogP contribution in [0.2, 0.25) is 0 Å². The van der Waals surface area contributed by atoms with Crippen molar-refractivity contribution in [3.8, 4) is 23.0 Å². The summed E-state index contributed by atoms with van der Waals surface area (Å²) in [6.07, 6.45) is 0.471. The molecule has 9 nitrogen and oxygen atoms in total. The van der Waals surface area contributed by atoms with Crippen molar-refractivity contribution >= 4 is 22.0 Å². The first kappa shape index (κ1) is 25.3. The average molecular weight is 541 g/mol. The maximum atomic E-state index is 14.3. The van der Waals surface area contributed by atoms with E-state index in [9.17, 15) is 13.6 Å². The van der Waals surface area contributed by atoms with E-state index in [-0.39, 0.29) is 35.4 Å². The molecular weight excluding hydrogens is 518 g/mol. The molecule has 2 aromatic heterocycles. The molecule has 0 unspecified atom stereocenters. The highest BCUT2D eigenvalue weighted by Crippen LogP contribution is 2.33. The van der Waals surface area contributed by atoms with Crippen LogP contribution in [0.5, 0.6) is 11.8 Å². The molecule has 12 heteroatoms. The van der Waals surface area contributed by atoms with Gasteiger partial charge in [0.05, 0.1) is 12.7 Å². The van der Waals surface area contributed by atoms with Gasteiger partial charge in [0.2, 0.25) is 11.8 Å². The Morgan fingerprint density at radius 3 is 2.41 bits per heavy atom. The SMILES string of the molecule is COc1ncnc(OC[C@](C)(NC(=O)OC(C)(C)C)c2cc(-c3c(F)cccc3F)no2)c1Br. The van der Waals surface area contributed by atoms with Crippen molar-refractivity contribution in [2.75, 3.05) is 13.7 Å². The molecule has 0 fully saturated rings. The minimum absolute atomic E-state index is 0.0631. The molecule has 0 saturated carbocycles. The molecule has 1 N–H and O–H groups in total. The van der Waals surface area contributed by atoms with Gasteiger partial charge >= 0.3 is 6.09 Å². The molecular formula is C22H23BrF2N4O5. The van der Waals surface area contributed by atoms with E-state index in [2.05, 4.69) is 36.4 Å². The van der Waals surface area contributed by atoms with Gasteiger partial charge < -0.3 is 24.1 Å². The van der Waals surface area contributed by atoms with Crippen LogP contribution in [0.25, 0.3) is 11.3 Å². The van der Waals surface area contributed by atoms with Crippen LogP contribution in [0.15, 0.2) is 39.6 Å². The van der Waals surface area contributed by atoms with E-state index in [0.717, 1.165) is 12.1 Å². The highest BCUT2D eigenvalue weighted by Gasteiger charge is 2.37. The minimum Gasteiger partial charge on any atom is -0.480 e. The first-order valence-electron chi connectivity index (χ1n) is 10.0. The molecule has 0 spiro atoms. The summed E-state index contributed by atoms with van der Waals surface area (Å²) < 4.78 is 50.5. The lowest BCUT2D eigenvalue weighted by Crippen LogP contribution is -2.49. The number of alkyl carbamates (subject to hydrolysis) is 1. The topological polar surface area (TPSA) is 109 Å². The van der Waals surface area contributed by atoms with Gasteiger partial charge in [0.15, 0.2) is 5.76 Å². The number of carbonyl (C=O) groups is 1. The third-order valence-electron chi connectivity index (χ3n) is 4.47. The molecule has 0 saturated heterocycles. The largest absolute Gasteiger partial charge is 0.480 e. The van der Waals surface area contributed by atoms with Gasteiger partial charge in [-0.15, -0.1) is 0 Å². The van der Waals surface area contributed by atoms with Crippen LogP contribution < -0.4 is 14.8 Å². The van der Waals surface area contributed by atoms with Crippen LogP contribution in [0.1, 0.15) is 33.5 Å². The van der Waals surface area contributed by atoms with E-state index in [4.69, 9.17) is 18.7 Å². The van der Waals surface area contributed by atoms with Crippen molar-refractivity contribution in [2.45, 2.75) is 38.8 Å². The lowest BCUT2D eigenvalue weighted by atomic mass is 9.99. The van der Waals surface area contributed by atoms with Gasteiger partial charge in [-0.05, 0) is 55.8 Å². The number of methoxy groups -OCH3 is 1. The maximum Gasteiger partial charge on any atom is 0.408 e. The molecule has 0 bridgehead atoms. The number of nitrogens with zero attached hydrogens (tertiary/aromatic N) is 3. The van der Waals surface area contributed by atoms with Gasteiger partial charge in [0.25, 0.3) is 0 Å². The molecule has 2 heterocycles. The van der Waals surface area contributed by atoms with Crippen molar-refractivity contribution < 1.29 is 32.3 Å². The molecule has 182 valence electrons. The van der Waals surface area contributed by atoms with Gasteiger partial charge in [-0.25, -0.2) is 23.5 Å². The van der Waals surface area contributed by atoms with E-state index in [1.165, 1.54) is 25.6 Å². The summed E-state index contributed by atoms with van der Waals surface area (Å²) in [6, 6.07) is 4.77. The summed E-state index contributed by atoms with van der Waals surface area (Å²) in [5.41, 5.74) is -2.61. The molecule has 0 aliphatic carbocycles. The van der Waals surface area contributed by atoms with Gasteiger partial charge in [0.1, 0.15) is 45.9 Å². The van der Waals surface area contributed by atoms with Crippen LogP contribution in [-0.2, 0) is 10.3 Å². The van der Waals surface area contributed by atoms with Gasteiger partial charge in [-0.1, -0.05) is 11.2 Å². The number of aromatic nitrogens is 3. The standard InChI is InChI=1S/C22H23BrF2N4O5/c1-21(2,3)33-20(30)28-22(4,10-32-19-17(23)18(31-5)26-11-27-19)15-9-14(29-34-15)16-12(24)7-6-8-13(16)25/h6-9,11H,10H2,1-5H3,(H,28,30)/t22-/m0/s1. The fraction of sp³-hybridized carbons (Fsp3) is 0.364. The molecule has 34 heavy (non-hydrogen) atoms. The number of amides is 1. The predicted octanol–water partition coefficient (Wildman–Crippen LogP) is 5.00. The summed E-state index contributed by atoms with van der Waals surface area (Å²) >= 11 is 3.30. The average Bonchev–Trinajstić information content (AvgIpc) is 3.22. The fourth-order valence-electron chi connectivity index (χ4n) is 2.89. The zero-order chi connectivity index (χ0) is 25.1. The normalized spacial score (nSPS) is 13.2. The predicted molar refractivity (Wildman–Crippen MR) is 120 cm³/mol.